The Bertz CT molecular complexity index is 1150. The number of nitrogens with one attached hydrogen (secondary N) is 1. The van der Waals surface area contributed by atoms with Gasteiger partial charge in [-0.25, -0.2) is 8.78 Å². The molecule has 0 aromatic heterocycles. The number of hydrogen-bond acceptors (Lipinski definition) is 3. The molecule has 0 saturated heterocycles. The monoisotopic (exact) mass is 494 g/mol. The highest BCUT2D eigenvalue weighted by Crippen LogP contribution is 2.32. The fourth-order valence-electron chi connectivity index (χ4n) is 4.73. The summed E-state index contributed by atoms with van der Waals surface area (Å²) in [5.41, 5.74) is 5.68. The van der Waals surface area contributed by atoms with E-state index >= 15 is 0 Å². The topological polar surface area (TPSA) is 24.5 Å². The molecule has 0 atom stereocenters. The van der Waals surface area contributed by atoms with Gasteiger partial charge in [-0.05, 0) is 66.4 Å². The molecule has 2 heterocycles. The van der Waals surface area contributed by atoms with Crippen LogP contribution in [0.1, 0.15) is 35.4 Å². The van der Waals surface area contributed by atoms with E-state index < -0.39 is 0 Å². The zero-order valence-corrected chi connectivity index (χ0v) is 20.2. The van der Waals surface area contributed by atoms with Crippen molar-refractivity contribution in [2.24, 2.45) is 0 Å². The van der Waals surface area contributed by atoms with Crippen LogP contribution in [0.3, 0.4) is 0 Å². The molecule has 3 nitrogen and oxygen atoms in total. The summed E-state index contributed by atoms with van der Waals surface area (Å²) in [4.78, 5) is 2.34. The minimum atomic E-state index is -0.248. The maximum atomic E-state index is 13.4. The molecule has 5 rings (SSSR count). The summed E-state index contributed by atoms with van der Waals surface area (Å²) in [5.74, 6) is 0.522. The summed E-state index contributed by atoms with van der Waals surface area (Å²) < 4.78 is 32.8. The molecule has 0 spiro atoms. The van der Waals surface area contributed by atoms with E-state index in [4.69, 9.17) is 4.74 Å². The van der Waals surface area contributed by atoms with Gasteiger partial charge < -0.3 is 15.0 Å². The second-order valence-corrected chi connectivity index (χ2v) is 8.81. The van der Waals surface area contributed by atoms with Gasteiger partial charge in [-0.15, -0.1) is 12.4 Å². The predicted octanol–water partition coefficient (Wildman–Crippen LogP) is 6.56. The van der Waals surface area contributed by atoms with Gasteiger partial charge >= 0.3 is 0 Å². The normalized spacial score (nSPS) is 14.3. The molecule has 0 unspecified atom stereocenters. The van der Waals surface area contributed by atoms with E-state index in [0.29, 0.717) is 0 Å². The Labute approximate surface area is 211 Å². The number of rotatable bonds is 8. The van der Waals surface area contributed by atoms with E-state index in [9.17, 15) is 8.78 Å². The number of fused-ring (bicyclic) bond motifs is 2. The number of halogens is 3. The van der Waals surface area contributed by atoms with Crippen LogP contribution in [-0.4, -0.2) is 24.5 Å². The smallest absolute Gasteiger partial charge is 0.131 e. The molecule has 182 valence electrons. The van der Waals surface area contributed by atoms with E-state index in [0.717, 1.165) is 61.6 Å². The third kappa shape index (κ3) is 5.92. The lowest BCUT2D eigenvalue weighted by molar-refractivity contribution is 0.395. The van der Waals surface area contributed by atoms with Crippen LogP contribution < -0.4 is 10.1 Å². The van der Waals surface area contributed by atoms with E-state index in [1.807, 2.05) is 48.7 Å². The number of ether oxygens (including phenoxy) is 1. The zero-order chi connectivity index (χ0) is 23.3. The van der Waals surface area contributed by atoms with Crippen LogP contribution in [0.15, 0.2) is 96.4 Å². The molecule has 0 saturated carbocycles. The summed E-state index contributed by atoms with van der Waals surface area (Å²) in [6.07, 6.45) is 5.95. The van der Waals surface area contributed by atoms with Gasteiger partial charge in [0.05, 0.1) is 5.70 Å². The fraction of sp³-hybridized carbons (Fsp3) is 0.241. The summed E-state index contributed by atoms with van der Waals surface area (Å²) in [5, 5.41) is 3.57. The Kier molecular flexibility index (Phi) is 8.21. The molecule has 0 fully saturated rings. The molecule has 2 aliphatic heterocycles. The van der Waals surface area contributed by atoms with Crippen molar-refractivity contribution in [1.82, 2.24) is 10.2 Å². The van der Waals surface area contributed by atoms with Gasteiger partial charge in [-0.2, -0.15) is 0 Å². The van der Waals surface area contributed by atoms with Crippen LogP contribution in [0.2, 0.25) is 0 Å². The second-order valence-electron chi connectivity index (χ2n) is 8.81. The first kappa shape index (κ1) is 25.0. The minimum absolute atomic E-state index is 0. The highest BCUT2D eigenvalue weighted by Gasteiger charge is 2.24. The van der Waals surface area contributed by atoms with Crippen LogP contribution in [-0.2, 0) is 6.54 Å². The Balaban J connectivity index is 0.00000289. The van der Waals surface area contributed by atoms with Gasteiger partial charge in [0, 0.05) is 31.1 Å². The Hall–Kier alpha value is -3.15. The lowest BCUT2D eigenvalue weighted by Gasteiger charge is -2.20. The lowest BCUT2D eigenvalue weighted by Crippen LogP contribution is -2.22. The number of nitrogens with zero attached hydrogens (tertiary/aromatic N) is 1. The highest BCUT2D eigenvalue weighted by molar-refractivity contribution is 5.85. The molecule has 6 heteroatoms. The average Bonchev–Trinajstić information content (AvgIpc) is 3.13. The Morgan fingerprint density at radius 1 is 0.886 bits per heavy atom. The largest absolute Gasteiger partial charge is 0.462 e. The van der Waals surface area contributed by atoms with Crippen molar-refractivity contribution in [2.45, 2.75) is 25.3 Å². The van der Waals surface area contributed by atoms with Gasteiger partial charge in [0.15, 0.2) is 0 Å². The average molecular weight is 495 g/mol. The van der Waals surface area contributed by atoms with Crippen molar-refractivity contribution in [1.29, 1.82) is 0 Å². The van der Waals surface area contributed by atoms with Crippen molar-refractivity contribution in [2.75, 3.05) is 19.6 Å². The van der Waals surface area contributed by atoms with Crippen molar-refractivity contribution < 1.29 is 13.5 Å². The van der Waals surface area contributed by atoms with Crippen LogP contribution in [0.4, 0.5) is 8.78 Å². The van der Waals surface area contributed by atoms with Crippen molar-refractivity contribution >= 4 is 12.4 Å². The molecular formula is C29H29ClF2N2O. The van der Waals surface area contributed by atoms with Gasteiger partial charge in [0.25, 0.3) is 0 Å². The molecule has 2 aliphatic rings. The summed E-state index contributed by atoms with van der Waals surface area (Å²) in [6, 6.07) is 21.4. The lowest BCUT2D eigenvalue weighted by atomic mass is 9.87. The second kappa shape index (κ2) is 11.5. The molecule has 3 aromatic carbocycles. The van der Waals surface area contributed by atoms with Gasteiger partial charge in [-0.1, -0.05) is 48.5 Å². The molecular weight excluding hydrogens is 466 g/mol. The summed E-state index contributed by atoms with van der Waals surface area (Å²) in [7, 11) is 0. The van der Waals surface area contributed by atoms with Crippen molar-refractivity contribution in [3.8, 4) is 5.75 Å². The minimum Gasteiger partial charge on any atom is -0.462 e. The van der Waals surface area contributed by atoms with E-state index in [1.54, 1.807) is 0 Å². The highest BCUT2D eigenvalue weighted by atomic mass is 35.5. The Morgan fingerprint density at radius 2 is 1.54 bits per heavy atom. The molecule has 0 bridgehead atoms. The first-order valence-electron chi connectivity index (χ1n) is 11.8. The predicted molar refractivity (Wildman–Crippen MR) is 138 cm³/mol. The van der Waals surface area contributed by atoms with Crippen LogP contribution in [0.25, 0.3) is 0 Å². The van der Waals surface area contributed by atoms with E-state index in [2.05, 4.69) is 22.4 Å². The molecule has 3 aromatic rings. The fourth-order valence-corrected chi connectivity index (χ4v) is 4.73. The molecule has 1 N–H and O–H groups in total. The number of hydrogen-bond donors (Lipinski definition) is 1. The number of para-hydroxylation sites is 1. The van der Waals surface area contributed by atoms with Crippen molar-refractivity contribution in [3.05, 3.63) is 125 Å². The van der Waals surface area contributed by atoms with E-state index in [-0.39, 0.29) is 30.0 Å². The maximum Gasteiger partial charge on any atom is 0.131 e. The third-order valence-electron chi connectivity index (χ3n) is 6.57. The quantitative estimate of drug-likeness (QED) is 0.359. The number of benzene rings is 3. The maximum absolute atomic E-state index is 13.4. The SMILES string of the molecule is Cl.Fc1ccc(C(CCCNCC2=CCN3Cc4ccccc4OC=C23)c2ccc(F)cc2)cc1. The first-order valence-corrected chi connectivity index (χ1v) is 11.8. The van der Waals surface area contributed by atoms with Gasteiger partial charge in [0.2, 0.25) is 0 Å². The van der Waals surface area contributed by atoms with Gasteiger partial charge in [-0.3, -0.25) is 0 Å². The summed E-state index contributed by atoms with van der Waals surface area (Å²) in [6.45, 7) is 3.36. The van der Waals surface area contributed by atoms with Crippen LogP contribution in [0.5, 0.6) is 5.75 Å². The van der Waals surface area contributed by atoms with Crippen LogP contribution >= 0.6 is 12.4 Å². The third-order valence-corrected chi connectivity index (χ3v) is 6.57. The first-order chi connectivity index (χ1) is 16.7. The molecule has 0 radical (unpaired) electrons. The van der Waals surface area contributed by atoms with Crippen molar-refractivity contribution in [3.63, 3.8) is 0 Å². The summed E-state index contributed by atoms with van der Waals surface area (Å²) >= 11 is 0. The van der Waals surface area contributed by atoms with Crippen LogP contribution in [0, 0.1) is 11.6 Å². The zero-order valence-electron chi connectivity index (χ0n) is 19.4. The molecule has 0 amide bonds. The Morgan fingerprint density at radius 3 is 2.23 bits per heavy atom. The standard InChI is InChI=1S/C29H28F2N2O.ClH/c30-25-11-7-21(8-12-25)27(22-9-13-26(31)14-10-22)5-3-16-32-18-23-15-17-33-19-24-4-1-2-6-29(24)34-20-28(23)33;/h1-2,4,6-15,20,27,32H,3,5,16-19H2;1H. The molecule has 0 aliphatic carbocycles. The molecule has 35 heavy (non-hydrogen) atoms. The van der Waals surface area contributed by atoms with Gasteiger partial charge in [0.1, 0.15) is 23.6 Å². The van der Waals surface area contributed by atoms with E-state index in [1.165, 1.54) is 35.4 Å².